The number of nitrogens with zero attached hydrogens (tertiary/aromatic N) is 1. The molecule has 0 aliphatic rings. The first kappa shape index (κ1) is 16.6. The van der Waals surface area contributed by atoms with Gasteiger partial charge in [-0.15, -0.1) is 11.8 Å². The monoisotopic (exact) mass is 317 g/mol. The van der Waals surface area contributed by atoms with Crippen LogP contribution in [-0.4, -0.2) is 28.9 Å². The Balaban J connectivity index is 1.87. The number of benzene rings is 1. The van der Waals surface area contributed by atoms with Crippen molar-refractivity contribution in [3.8, 4) is 0 Å². The summed E-state index contributed by atoms with van der Waals surface area (Å²) < 4.78 is 0. The SMILES string of the molecule is CSc1ccc(CCNC(=O)[C@@H](C)c2c(C)n[nH]c2C)cc1. The highest BCUT2D eigenvalue weighted by Gasteiger charge is 2.20. The Hall–Kier alpha value is -1.75. The molecule has 118 valence electrons. The molecule has 5 heteroatoms. The second-order valence-corrected chi connectivity index (χ2v) is 6.34. The van der Waals surface area contributed by atoms with Crippen molar-refractivity contribution in [3.63, 3.8) is 0 Å². The fourth-order valence-electron chi connectivity index (χ4n) is 2.60. The van der Waals surface area contributed by atoms with Gasteiger partial charge < -0.3 is 5.32 Å². The molecule has 1 atom stereocenters. The van der Waals surface area contributed by atoms with Crippen LogP contribution in [-0.2, 0) is 11.2 Å². The number of aryl methyl sites for hydroxylation is 2. The predicted molar refractivity (Wildman–Crippen MR) is 91.4 cm³/mol. The van der Waals surface area contributed by atoms with Crippen molar-refractivity contribution in [1.82, 2.24) is 15.5 Å². The molecule has 0 fully saturated rings. The number of nitrogens with one attached hydrogen (secondary N) is 2. The maximum Gasteiger partial charge on any atom is 0.227 e. The van der Waals surface area contributed by atoms with E-state index in [1.165, 1.54) is 10.5 Å². The van der Waals surface area contributed by atoms with E-state index in [-0.39, 0.29) is 11.8 Å². The minimum atomic E-state index is -0.183. The first-order chi connectivity index (χ1) is 10.5. The zero-order valence-corrected chi connectivity index (χ0v) is 14.4. The van der Waals surface area contributed by atoms with Crippen LogP contribution >= 0.6 is 11.8 Å². The minimum Gasteiger partial charge on any atom is -0.355 e. The van der Waals surface area contributed by atoms with Gasteiger partial charge in [0.2, 0.25) is 5.91 Å². The molecule has 0 bridgehead atoms. The Kier molecular flexibility index (Phi) is 5.66. The third kappa shape index (κ3) is 3.91. The molecule has 1 aromatic carbocycles. The van der Waals surface area contributed by atoms with E-state index in [1.807, 2.05) is 20.8 Å². The summed E-state index contributed by atoms with van der Waals surface area (Å²) >= 11 is 1.73. The molecular formula is C17H23N3OS. The number of amides is 1. The lowest BCUT2D eigenvalue weighted by Crippen LogP contribution is -2.30. The highest BCUT2D eigenvalue weighted by molar-refractivity contribution is 7.98. The lowest BCUT2D eigenvalue weighted by atomic mass is 9.98. The summed E-state index contributed by atoms with van der Waals surface area (Å²) in [6.07, 6.45) is 2.91. The third-order valence-corrected chi connectivity index (χ3v) is 4.63. The van der Waals surface area contributed by atoms with Gasteiger partial charge in [0.25, 0.3) is 0 Å². The number of rotatable bonds is 6. The summed E-state index contributed by atoms with van der Waals surface area (Å²) in [7, 11) is 0. The quantitative estimate of drug-likeness (QED) is 0.804. The number of H-pyrrole nitrogens is 1. The number of aromatic amines is 1. The minimum absolute atomic E-state index is 0.0494. The number of aromatic nitrogens is 2. The molecule has 0 spiro atoms. The van der Waals surface area contributed by atoms with Crippen molar-refractivity contribution >= 4 is 17.7 Å². The molecule has 2 N–H and O–H groups in total. The molecule has 0 aliphatic carbocycles. The summed E-state index contributed by atoms with van der Waals surface area (Å²) in [6, 6.07) is 8.46. The van der Waals surface area contributed by atoms with Gasteiger partial charge in [-0.05, 0) is 51.1 Å². The molecule has 0 aliphatic heterocycles. The van der Waals surface area contributed by atoms with Crippen LogP contribution in [0, 0.1) is 13.8 Å². The smallest absolute Gasteiger partial charge is 0.227 e. The summed E-state index contributed by atoms with van der Waals surface area (Å²) in [5.74, 6) is -0.133. The normalized spacial score (nSPS) is 12.2. The maximum absolute atomic E-state index is 12.3. The number of carbonyl (C=O) groups is 1. The third-order valence-electron chi connectivity index (χ3n) is 3.88. The van der Waals surface area contributed by atoms with E-state index in [0.717, 1.165) is 23.4 Å². The summed E-state index contributed by atoms with van der Waals surface area (Å²) in [5.41, 5.74) is 4.10. The lowest BCUT2D eigenvalue weighted by Gasteiger charge is -2.13. The second kappa shape index (κ2) is 7.49. The zero-order valence-electron chi connectivity index (χ0n) is 13.6. The standard InChI is InChI=1S/C17H23N3OS/c1-11(16-12(2)19-20-13(16)3)17(21)18-10-9-14-5-7-15(22-4)8-6-14/h5-8,11H,9-10H2,1-4H3,(H,18,21)(H,19,20)/t11-/m0/s1. The van der Waals surface area contributed by atoms with Crippen LogP contribution in [0.3, 0.4) is 0 Å². The van der Waals surface area contributed by atoms with Gasteiger partial charge in [0.1, 0.15) is 0 Å². The molecule has 1 aromatic heterocycles. The molecule has 1 amide bonds. The molecule has 2 rings (SSSR count). The van der Waals surface area contributed by atoms with Crippen molar-refractivity contribution < 1.29 is 4.79 Å². The van der Waals surface area contributed by atoms with Gasteiger partial charge >= 0.3 is 0 Å². The van der Waals surface area contributed by atoms with Crippen LogP contribution in [0.15, 0.2) is 29.2 Å². The highest BCUT2D eigenvalue weighted by atomic mass is 32.2. The molecule has 1 heterocycles. The summed E-state index contributed by atoms with van der Waals surface area (Å²) in [5, 5.41) is 10.1. The van der Waals surface area contributed by atoms with E-state index in [1.54, 1.807) is 11.8 Å². The molecule has 0 unspecified atom stereocenters. The predicted octanol–water partition coefficient (Wildman–Crippen LogP) is 3.21. The molecule has 4 nitrogen and oxygen atoms in total. The largest absolute Gasteiger partial charge is 0.355 e. The average molecular weight is 317 g/mol. The van der Waals surface area contributed by atoms with Gasteiger partial charge in [-0.1, -0.05) is 12.1 Å². The van der Waals surface area contributed by atoms with Gasteiger partial charge in [0, 0.05) is 22.7 Å². The fourth-order valence-corrected chi connectivity index (χ4v) is 3.01. The maximum atomic E-state index is 12.3. The molecule has 0 saturated heterocycles. The number of hydrogen-bond acceptors (Lipinski definition) is 3. The first-order valence-corrected chi connectivity index (χ1v) is 8.67. The molecule has 0 saturated carbocycles. The van der Waals surface area contributed by atoms with Crippen molar-refractivity contribution in [2.45, 2.75) is 38.0 Å². The van der Waals surface area contributed by atoms with Crippen LogP contribution in [0.1, 0.15) is 35.4 Å². The van der Waals surface area contributed by atoms with E-state index >= 15 is 0 Å². The summed E-state index contributed by atoms with van der Waals surface area (Å²) in [4.78, 5) is 13.5. The molecule has 22 heavy (non-hydrogen) atoms. The Morgan fingerprint density at radius 3 is 2.55 bits per heavy atom. The Labute approximate surface area is 136 Å². The van der Waals surface area contributed by atoms with Crippen LogP contribution in [0.25, 0.3) is 0 Å². The van der Waals surface area contributed by atoms with Crippen molar-refractivity contribution in [2.75, 3.05) is 12.8 Å². The first-order valence-electron chi connectivity index (χ1n) is 7.45. The van der Waals surface area contributed by atoms with Crippen LogP contribution in [0.4, 0.5) is 0 Å². The number of hydrogen-bond donors (Lipinski definition) is 2. The van der Waals surface area contributed by atoms with Crippen molar-refractivity contribution in [2.24, 2.45) is 0 Å². The van der Waals surface area contributed by atoms with E-state index in [9.17, 15) is 4.79 Å². The van der Waals surface area contributed by atoms with Crippen LogP contribution < -0.4 is 5.32 Å². The fraction of sp³-hybridized carbons (Fsp3) is 0.412. The number of carbonyl (C=O) groups excluding carboxylic acids is 1. The van der Waals surface area contributed by atoms with E-state index in [0.29, 0.717) is 6.54 Å². The van der Waals surface area contributed by atoms with Gasteiger partial charge in [0.15, 0.2) is 0 Å². The van der Waals surface area contributed by atoms with Crippen LogP contribution in [0.2, 0.25) is 0 Å². The lowest BCUT2D eigenvalue weighted by molar-refractivity contribution is -0.122. The van der Waals surface area contributed by atoms with Gasteiger partial charge in [-0.25, -0.2) is 0 Å². The topological polar surface area (TPSA) is 57.8 Å². The Morgan fingerprint density at radius 1 is 1.32 bits per heavy atom. The van der Waals surface area contributed by atoms with Crippen molar-refractivity contribution in [1.29, 1.82) is 0 Å². The van der Waals surface area contributed by atoms with E-state index in [4.69, 9.17) is 0 Å². The van der Waals surface area contributed by atoms with Crippen molar-refractivity contribution in [3.05, 3.63) is 46.8 Å². The average Bonchev–Trinajstić information content (AvgIpc) is 2.86. The Morgan fingerprint density at radius 2 is 2.00 bits per heavy atom. The highest BCUT2D eigenvalue weighted by Crippen LogP contribution is 2.21. The molecule has 0 radical (unpaired) electrons. The molecular weight excluding hydrogens is 294 g/mol. The van der Waals surface area contributed by atoms with E-state index in [2.05, 4.69) is 46.0 Å². The second-order valence-electron chi connectivity index (χ2n) is 5.46. The zero-order chi connectivity index (χ0) is 16.1. The summed E-state index contributed by atoms with van der Waals surface area (Å²) in [6.45, 7) is 6.45. The van der Waals surface area contributed by atoms with Crippen LogP contribution in [0.5, 0.6) is 0 Å². The van der Waals surface area contributed by atoms with Gasteiger partial charge in [-0.3, -0.25) is 9.89 Å². The molecule has 2 aromatic rings. The van der Waals surface area contributed by atoms with Gasteiger partial charge in [0.05, 0.1) is 11.6 Å². The number of thioether (sulfide) groups is 1. The van der Waals surface area contributed by atoms with Gasteiger partial charge in [-0.2, -0.15) is 5.10 Å². The van der Waals surface area contributed by atoms with E-state index < -0.39 is 0 Å². The Bertz CT molecular complexity index is 614.